The molecular weight excluding hydrogens is 398 g/mol. The minimum atomic E-state index is -0.688. The highest BCUT2D eigenvalue weighted by atomic mass is 19.1. The first-order valence-corrected chi connectivity index (χ1v) is 11.0. The molecule has 0 radical (unpaired) electrons. The van der Waals surface area contributed by atoms with E-state index in [9.17, 15) is 13.6 Å². The molecule has 3 aliphatic rings. The van der Waals surface area contributed by atoms with Crippen LogP contribution in [0.3, 0.4) is 0 Å². The first-order valence-electron chi connectivity index (χ1n) is 11.0. The number of benzene rings is 1. The van der Waals surface area contributed by atoms with Gasteiger partial charge in [-0.3, -0.25) is 4.79 Å². The van der Waals surface area contributed by atoms with Crippen molar-refractivity contribution < 1.29 is 18.3 Å². The molecule has 1 spiro atoms. The minimum absolute atomic E-state index is 0.0100. The summed E-state index contributed by atoms with van der Waals surface area (Å²) in [4.78, 5) is 14.5. The second-order valence-corrected chi connectivity index (χ2v) is 8.10. The van der Waals surface area contributed by atoms with Crippen LogP contribution in [-0.2, 0) is 4.79 Å². The van der Waals surface area contributed by atoms with Crippen molar-refractivity contribution in [2.75, 3.05) is 26.2 Å². The highest BCUT2D eigenvalue weighted by molar-refractivity contribution is 5.97. The van der Waals surface area contributed by atoms with E-state index in [1.54, 1.807) is 11.0 Å². The van der Waals surface area contributed by atoms with E-state index in [4.69, 9.17) is 4.74 Å². The van der Waals surface area contributed by atoms with Crippen LogP contribution >= 0.6 is 0 Å². The molecular formula is C25H28F2N2O2. The lowest BCUT2D eigenvalue weighted by Crippen LogP contribution is -2.46. The number of amides is 1. The Morgan fingerprint density at radius 1 is 1.13 bits per heavy atom. The van der Waals surface area contributed by atoms with Crippen LogP contribution in [0.25, 0.3) is 5.57 Å². The Morgan fingerprint density at radius 2 is 1.87 bits per heavy atom. The molecule has 0 aromatic heterocycles. The molecule has 6 heteroatoms. The van der Waals surface area contributed by atoms with Gasteiger partial charge in [-0.2, -0.15) is 0 Å². The molecule has 4 nitrogen and oxygen atoms in total. The van der Waals surface area contributed by atoms with Gasteiger partial charge in [-0.05, 0) is 62.7 Å². The van der Waals surface area contributed by atoms with Crippen LogP contribution in [0.4, 0.5) is 8.78 Å². The molecule has 1 saturated heterocycles. The summed E-state index contributed by atoms with van der Waals surface area (Å²) < 4.78 is 35.0. The molecule has 1 aromatic carbocycles. The van der Waals surface area contributed by atoms with Gasteiger partial charge in [0.05, 0.1) is 0 Å². The van der Waals surface area contributed by atoms with Crippen molar-refractivity contribution in [3.63, 3.8) is 0 Å². The largest absolute Gasteiger partial charge is 0.479 e. The molecule has 2 aliphatic heterocycles. The van der Waals surface area contributed by atoms with E-state index in [1.807, 2.05) is 38.2 Å². The normalized spacial score (nSPS) is 19.5. The molecule has 1 aromatic rings. The zero-order valence-electron chi connectivity index (χ0n) is 18.0. The van der Waals surface area contributed by atoms with Gasteiger partial charge in [0.2, 0.25) is 0 Å². The van der Waals surface area contributed by atoms with Crippen molar-refractivity contribution in [3.8, 4) is 5.75 Å². The maximum atomic E-state index is 14.7. The van der Waals surface area contributed by atoms with Crippen molar-refractivity contribution >= 4 is 11.5 Å². The number of carbonyl (C=O) groups excluding carboxylic acids is 1. The van der Waals surface area contributed by atoms with E-state index in [2.05, 4.69) is 5.32 Å². The smallest absolute Gasteiger partial charge is 0.253 e. The van der Waals surface area contributed by atoms with E-state index in [0.717, 1.165) is 30.3 Å². The monoisotopic (exact) mass is 426 g/mol. The number of piperidine rings is 1. The fraction of sp³-hybridized carbons (Fsp3) is 0.400. The number of halogens is 2. The number of carbonyl (C=O) groups is 1. The van der Waals surface area contributed by atoms with Gasteiger partial charge in [0.15, 0.2) is 11.6 Å². The van der Waals surface area contributed by atoms with Crippen molar-refractivity contribution in [1.29, 1.82) is 0 Å². The summed E-state index contributed by atoms with van der Waals surface area (Å²) in [5, 5.41) is 3.31. The number of nitrogens with one attached hydrogen (secondary N) is 1. The minimum Gasteiger partial charge on any atom is -0.479 e. The lowest BCUT2D eigenvalue weighted by atomic mass is 9.83. The van der Waals surface area contributed by atoms with Gasteiger partial charge in [-0.15, -0.1) is 0 Å². The Hall–Kier alpha value is -2.73. The highest BCUT2D eigenvalue weighted by Crippen LogP contribution is 2.45. The summed E-state index contributed by atoms with van der Waals surface area (Å²) >= 11 is 0. The number of fused-ring (bicyclic) bond motifs is 1. The van der Waals surface area contributed by atoms with Crippen molar-refractivity contribution in [3.05, 3.63) is 70.9 Å². The summed E-state index contributed by atoms with van der Waals surface area (Å²) in [7, 11) is 0. The van der Waals surface area contributed by atoms with E-state index in [-0.39, 0.29) is 11.7 Å². The molecule has 4 rings (SSSR count). The van der Waals surface area contributed by atoms with Gasteiger partial charge in [-0.25, -0.2) is 8.78 Å². The lowest BCUT2D eigenvalue weighted by Gasteiger charge is -2.40. The third-order valence-electron chi connectivity index (χ3n) is 6.19. The third-order valence-corrected chi connectivity index (χ3v) is 6.19. The van der Waals surface area contributed by atoms with Gasteiger partial charge in [0.1, 0.15) is 11.4 Å². The third kappa shape index (κ3) is 4.22. The Kier molecular flexibility index (Phi) is 6.10. The lowest BCUT2D eigenvalue weighted by molar-refractivity contribution is -0.126. The Morgan fingerprint density at radius 3 is 2.58 bits per heavy atom. The highest BCUT2D eigenvalue weighted by Gasteiger charge is 2.38. The van der Waals surface area contributed by atoms with Crippen molar-refractivity contribution in [2.24, 2.45) is 0 Å². The van der Waals surface area contributed by atoms with Crippen LogP contribution in [0.1, 0.15) is 38.7 Å². The second-order valence-electron chi connectivity index (χ2n) is 8.10. The fourth-order valence-electron chi connectivity index (χ4n) is 4.45. The summed E-state index contributed by atoms with van der Waals surface area (Å²) in [5.74, 6) is -1.23. The molecule has 1 amide bonds. The summed E-state index contributed by atoms with van der Waals surface area (Å²) in [6.45, 7) is 6.73. The fourth-order valence-corrected chi connectivity index (χ4v) is 4.45. The molecule has 0 atom stereocenters. The van der Waals surface area contributed by atoms with Crippen molar-refractivity contribution in [2.45, 2.75) is 38.7 Å². The Labute approximate surface area is 182 Å². The number of nitrogens with zero attached hydrogens (tertiary/aromatic N) is 1. The molecule has 1 aliphatic carbocycles. The number of hydrogen-bond acceptors (Lipinski definition) is 3. The van der Waals surface area contributed by atoms with E-state index in [0.29, 0.717) is 43.5 Å². The van der Waals surface area contributed by atoms with Gasteiger partial charge in [0.25, 0.3) is 5.91 Å². The molecule has 164 valence electrons. The van der Waals surface area contributed by atoms with Crippen LogP contribution in [0.2, 0.25) is 0 Å². The predicted molar refractivity (Wildman–Crippen MR) is 118 cm³/mol. The molecule has 31 heavy (non-hydrogen) atoms. The number of allylic oxidation sites excluding steroid dienone is 5. The van der Waals surface area contributed by atoms with E-state index < -0.39 is 17.2 Å². The van der Waals surface area contributed by atoms with E-state index >= 15 is 0 Å². The van der Waals surface area contributed by atoms with Crippen LogP contribution in [0, 0.1) is 11.6 Å². The number of likely N-dealkylation sites (N-methyl/N-ethyl adjacent to an activating group) is 1. The van der Waals surface area contributed by atoms with Gasteiger partial charge < -0.3 is 15.0 Å². The van der Waals surface area contributed by atoms with E-state index in [1.165, 1.54) is 6.07 Å². The average Bonchev–Trinajstić information content (AvgIpc) is 3.02. The summed E-state index contributed by atoms with van der Waals surface area (Å²) in [6.07, 6.45) is 11.6. The molecule has 0 saturated carbocycles. The van der Waals surface area contributed by atoms with Crippen LogP contribution in [0.15, 0.2) is 53.7 Å². The van der Waals surface area contributed by atoms with Crippen LogP contribution in [-0.4, -0.2) is 42.6 Å². The molecule has 1 fully saturated rings. The van der Waals surface area contributed by atoms with Gasteiger partial charge >= 0.3 is 0 Å². The standard InChI is InChI=1S/C25H28F2N2O2/c1-3-29(4-2)24(30)18-7-5-6-17(8-9-18)21-16-25(10-12-28-13-11-25)31-23-20(21)14-19(26)15-22(23)27/h6-9,14-16,28H,3-5,10-13H2,1-2H3. The number of rotatable bonds is 4. The van der Waals surface area contributed by atoms with Crippen molar-refractivity contribution in [1.82, 2.24) is 10.2 Å². The maximum absolute atomic E-state index is 14.7. The van der Waals surface area contributed by atoms with Gasteiger partial charge in [-0.1, -0.05) is 18.2 Å². The summed E-state index contributed by atoms with van der Waals surface area (Å²) in [5.41, 5.74) is 2.01. The Balaban J connectivity index is 1.73. The van der Waals surface area contributed by atoms with Gasteiger partial charge in [0, 0.05) is 43.1 Å². The quantitative estimate of drug-likeness (QED) is 0.768. The average molecular weight is 427 g/mol. The predicted octanol–water partition coefficient (Wildman–Crippen LogP) is 4.54. The SMILES string of the molecule is CCN(CC)C(=O)C1=CCC=C(C2=CC3(CCNCC3)Oc3c(F)cc(F)cc32)C=C1. The van der Waals surface area contributed by atoms with Crippen LogP contribution < -0.4 is 10.1 Å². The molecule has 2 heterocycles. The maximum Gasteiger partial charge on any atom is 0.253 e. The summed E-state index contributed by atoms with van der Waals surface area (Å²) in [6, 6.07) is 2.20. The first-order chi connectivity index (χ1) is 15.0. The first kappa shape index (κ1) is 21.5. The molecule has 1 N–H and O–H groups in total. The Bertz CT molecular complexity index is 997. The second kappa shape index (κ2) is 8.79. The molecule has 0 bridgehead atoms. The zero-order valence-corrected chi connectivity index (χ0v) is 18.0. The van der Waals surface area contributed by atoms with Crippen LogP contribution in [0.5, 0.6) is 5.75 Å². The topological polar surface area (TPSA) is 41.6 Å². The number of hydrogen-bond donors (Lipinski definition) is 1. The molecule has 0 unspecified atom stereocenters. The zero-order chi connectivity index (χ0) is 22.0. The number of ether oxygens (including phenoxy) is 1.